The lowest BCUT2D eigenvalue weighted by Gasteiger charge is -2.27. The van der Waals surface area contributed by atoms with Crippen LogP contribution in [0.25, 0.3) is 10.8 Å². The van der Waals surface area contributed by atoms with Crippen LogP contribution >= 0.6 is 0 Å². The van der Waals surface area contributed by atoms with E-state index in [9.17, 15) is 9.59 Å². The van der Waals surface area contributed by atoms with Crippen LogP contribution in [0.1, 0.15) is 21.7 Å². The Morgan fingerprint density at radius 3 is 2.30 bits per heavy atom. The smallest absolute Gasteiger partial charge is 0.254 e. The van der Waals surface area contributed by atoms with Gasteiger partial charge in [0.15, 0.2) is 0 Å². The Labute approximate surface area is 193 Å². The van der Waals surface area contributed by atoms with Gasteiger partial charge in [-0.2, -0.15) is 0 Å². The first kappa shape index (κ1) is 22.1. The molecular formula is C28H26N2O3. The second kappa shape index (κ2) is 10.5. The number of hydrogen-bond acceptors (Lipinski definition) is 3. The topological polar surface area (TPSA) is 53.8 Å². The molecule has 5 heteroatoms. The van der Waals surface area contributed by atoms with Crippen molar-refractivity contribution < 1.29 is 14.0 Å². The van der Waals surface area contributed by atoms with E-state index in [1.165, 1.54) is 4.90 Å². The van der Waals surface area contributed by atoms with Crippen LogP contribution in [0, 0.1) is 0 Å². The third kappa shape index (κ3) is 5.57. The van der Waals surface area contributed by atoms with E-state index in [2.05, 4.69) is 6.58 Å². The molecule has 1 heterocycles. The molecule has 33 heavy (non-hydrogen) atoms. The van der Waals surface area contributed by atoms with E-state index in [1.807, 2.05) is 72.8 Å². The number of nitrogens with zero attached hydrogens (tertiary/aromatic N) is 2. The molecule has 0 radical (unpaired) electrons. The Balaban J connectivity index is 1.54. The summed E-state index contributed by atoms with van der Waals surface area (Å²) in [6, 6.07) is 26.9. The molecule has 0 bridgehead atoms. The summed E-state index contributed by atoms with van der Waals surface area (Å²) >= 11 is 0. The molecule has 5 nitrogen and oxygen atoms in total. The van der Waals surface area contributed by atoms with Crippen LogP contribution in [0.3, 0.4) is 0 Å². The molecule has 166 valence electrons. The van der Waals surface area contributed by atoms with Gasteiger partial charge in [0.2, 0.25) is 5.91 Å². The van der Waals surface area contributed by atoms with E-state index in [0.717, 1.165) is 16.3 Å². The Kier molecular flexibility index (Phi) is 7.00. The second-order valence-electron chi connectivity index (χ2n) is 7.85. The Bertz CT molecular complexity index is 1230. The highest BCUT2D eigenvalue weighted by Gasteiger charge is 2.23. The number of carbonyl (C=O) groups excluding carboxylic acids is 2. The Morgan fingerprint density at radius 1 is 0.818 bits per heavy atom. The van der Waals surface area contributed by atoms with Crippen molar-refractivity contribution in [1.82, 2.24) is 9.80 Å². The highest BCUT2D eigenvalue weighted by Crippen LogP contribution is 2.18. The van der Waals surface area contributed by atoms with Gasteiger partial charge in [0, 0.05) is 18.7 Å². The maximum atomic E-state index is 13.4. The fraction of sp³-hybridized carbons (Fsp3) is 0.143. The SMILES string of the molecule is C=CCN(CC(=O)N(Cc1ccccc1)Cc1ccco1)C(=O)c1ccc2ccccc2c1. The van der Waals surface area contributed by atoms with Gasteiger partial charge in [-0.15, -0.1) is 6.58 Å². The molecule has 0 aliphatic rings. The third-order valence-electron chi connectivity index (χ3n) is 5.45. The fourth-order valence-electron chi connectivity index (χ4n) is 3.77. The summed E-state index contributed by atoms with van der Waals surface area (Å²) in [6.45, 7) is 4.75. The van der Waals surface area contributed by atoms with Crippen LogP contribution in [0.2, 0.25) is 0 Å². The summed E-state index contributed by atoms with van der Waals surface area (Å²) in [5.74, 6) is 0.327. The van der Waals surface area contributed by atoms with Crippen LogP contribution < -0.4 is 0 Å². The summed E-state index contributed by atoms with van der Waals surface area (Å²) in [7, 11) is 0. The fourth-order valence-corrected chi connectivity index (χ4v) is 3.77. The van der Waals surface area contributed by atoms with E-state index >= 15 is 0 Å². The lowest BCUT2D eigenvalue weighted by molar-refractivity contribution is -0.133. The summed E-state index contributed by atoms with van der Waals surface area (Å²) in [6.07, 6.45) is 3.23. The van der Waals surface area contributed by atoms with Crippen LogP contribution in [-0.4, -0.2) is 34.7 Å². The summed E-state index contributed by atoms with van der Waals surface area (Å²) in [4.78, 5) is 29.9. The van der Waals surface area contributed by atoms with Gasteiger partial charge in [-0.25, -0.2) is 0 Å². The van der Waals surface area contributed by atoms with E-state index in [0.29, 0.717) is 24.4 Å². The number of benzene rings is 3. The molecule has 4 aromatic rings. The summed E-state index contributed by atoms with van der Waals surface area (Å²) < 4.78 is 5.47. The molecule has 0 aliphatic heterocycles. The van der Waals surface area contributed by atoms with Crippen molar-refractivity contribution in [3.05, 3.63) is 121 Å². The Morgan fingerprint density at radius 2 is 1.58 bits per heavy atom. The predicted molar refractivity (Wildman–Crippen MR) is 129 cm³/mol. The van der Waals surface area contributed by atoms with Crippen molar-refractivity contribution in [3.8, 4) is 0 Å². The van der Waals surface area contributed by atoms with Crippen LogP contribution in [0.5, 0.6) is 0 Å². The predicted octanol–water partition coefficient (Wildman–Crippen LogP) is 5.29. The van der Waals surface area contributed by atoms with Crippen molar-refractivity contribution in [2.75, 3.05) is 13.1 Å². The van der Waals surface area contributed by atoms with E-state index in [-0.39, 0.29) is 24.9 Å². The number of rotatable bonds is 9. The van der Waals surface area contributed by atoms with Crippen molar-refractivity contribution in [2.45, 2.75) is 13.1 Å². The number of carbonyl (C=O) groups is 2. The van der Waals surface area contributed by atoms with E-state index < -0.39 is 0 Å². The molecule has 0 N–H and O–H groups in total. The van der Waals surface area contributed by atoms with Gasteiger partial charge in [0.05, 0.1) is 12.8 Å². The highest BCUT2D eigenvalue weighted by atomic mass is 16.3. The zero-order valence-corrected chi connectivity index (χ0v) is 18.4. The van der Waals surface area contributed by atoms with Gasteiger partial charge in [0.1, 0.15) is 12.3 Å². The molecule has 0 saturated heterocycles. The molecule has 2 amide bonds. The standard InChI is InChI=1S/C28H26N2O3/c1-2-16-29(28(32)25-15-14-23-11-6-7-12-24(23)18-25)21-27(31)30(20-26-13-8-17-33-26)19-22-9-4-3-5-10-22/h2-15,17-18H,1,16,19-21H2. The molecule has 4 rings (SSSR count). The number of hydrogen-bond donors (Lipinski definition) is 0. The lowest BCUT2D eigenvalue weighted by Crippen LogP contribution is -2.42. The molecule has 0 aliphatic carbocycles. The van der Waals surface area contributed by atoms with E-state index in [1.54, 1.807) is 29.4 Å². The minimum atomic E-state index is -0.202. The van der Waals surface area contributed by atoms with Gasteiger partial charge in [-0.05, 0) is 40.6 Å². The van der Waals surface area contributed by atoms with Crippen LogP contribution in [0.15, 0.2) is 108 Å². The molecule has 0 atom stereocenters. The molecular weight excluding hydrogens is 412 g/mol. The molecule has 0 fully saturated rings. The maximum absolute atomic E-state index is 13.4. The summed E-state index contributed by atoms with van der Waals surface area (Å²) in [5.41, 5.74) is 1.55. The molecule has 0 saturated carbocycles. The maximum Gasteiger partial charge on any atom is 0.254 e. The largest absolute Gasteiger partial charge is 0.467 e. The van der Waals surface area contributed by atoms with Gasteiger partial charge in [-0.1, -0.05) is 66.7 Å². The van der Waals surface area contributed by atoms with Gasteiger partial charge >= 0.3 is 0 Å². The third-order valence-corrected chi connectivity index (χ3v) is 5.45. The normalized spacial score (nSPS) is 10.7. The second-order valence-corrected chi connectivity index (χ2v) is 7.85. The average molecular weight is 439 g/mol. The highest BCUT2D eigenvalue weighted by molar-refractivity contribution is 6.00. The number of fused-ring (bicyclic) bond motifs is 1. The summed E-state index contributed by atoms with van der Waals surface area (Å²) in [5, 5.41) is 2.05. The van der Waals surface area contributed by atoms with Crippen molar-refractivity contribution in [2.24, 2.45) is 0 Å². The van der Waals surface area contributed by atoms with Crippen molar-refractivity contribution in [1.29, 1.82) is 0 Å². The van der Waals surface area contributed by atoms with Gasteiger partial charge in [-0.3, -0.25) is 9.59 Å². The van der Waals surface area contributed by atoms with Crippen molar-refractivity contribution in [3.63, 3.8) is 0 Å². The van der Waals surface area contributed by atoms with E-state index in [4.69, 9.17) is 4.42 Å². The average Bonchev–Trinajstić information content (AvgIpc) is 3.36. The first-order chi connectivity index (χ1) is 16.1. The molecule has 1 aromatic heterocycles. The quantitative estimate of drug-likeness (QED) is 0.334. The van der Waals surface area contributed by atoms with Gasteiger partial charge in [0.25, 0.3) is 5.91 Å². The first-order valence-electron chi connectivity index (χ1n) is 10.9. The minimum absolute atomic E-state index is 0.0504. The van der Waals surface area contributed by atoms with Crippen LogP contribution in [-0.2, 0) is 17.9 Å². The van der Waals surface area contributed by atoms with Gasteiger partial charge < -0.3 is 14.2 Å². The molecule has 0 unspecified atom stereocenters. The monoisotopic (exact) mass is 438 g/mol. The first-order valence-corrected chi connectivity index (χ1v) is 10.9. The lowest BCUT2D eigenvalue weighted by atomic mass is 10.1. The minimum Gasteiger partial charge on any atom is -0.467 e. The molecule has 0 spiro atoms. The van der Waals surface area contributed by atoms with Crippen LogP contribution in [0.4, 0.5) is 0 Å². The zero-order valence-electron chi connectivity index (χ0n) is 18.4. The number of amides is 2. The van der Waals surface area contributed by atoms with Crippen molar-refractivity contribution >= 4 is 22.6 Å². The number of furan rings is 1. The zero-order chi connectivity index (χ0) is 23.0. The Hall–Kier alpha value is -4.12. The molecule has 3 aromatic carbocycles.